The van der Waals surface area contributed by atoms with Crippen LogP contribution in [-0.4, -0.2) is 50.8 Å². The SMILES string of the molecule is N=C(OC1C[C@@H](O)C[C@@H](CO)O1)C(O)(Cl)Cl. The van der Waals surface area contributed by atoms with Crippen molar-refractivity contribution < 1.29 is 24.8 Å². The lowest BCUT2D eigenvalue weighted by atomic mass is 10.1. The van der Waals surface area contributed by atoms with Gasteiger partial charge in [-0.25, -0.2) is 0 Å². The molecule has 0 radical (unpaired) electrons. The van der Waals surface area contributed by atoms with Gasteiger partial charge in [-0.15, -0.1) is 0 Å². The Morgan fingerprint density at radius 3 is 2.62 bits per heavy atom. The highest BCUT2D eigenvalue weighted by Gasteiger charge is 2.35. The van der Waals surface area contributed by atoms with E-state index in [4.69, 9.17) is 48.3 Å². The summed E-state index contributed by atoms with van der Waals surface area (Å²) in [4.78, 5) is 0. The molecule has 1 rings (SSSR count). The topological polar surface area (TPSA) is 103 Å². The normalized spacial score (nSPS) is 31.2. The number of aliphatic hydroxyl groups is 3. The van der Waals surface area contributed by atoms with Crippen LogP contribution in [0, 0.1) is 5.41 Å². The Kier molecular flexibility index (Phi) is 4.78. The van der Waals surface area contributed by atoms with E-state index in [2.05, 4.69) is 0 Å². The van der Waals surface area contributed by atoms with E-state index in [0.717, 1.165) is 0 Å². The molecule has 94 valence electrons. The molecule has 0 saturated carbocycles. The standard InChI is InChI=1S/C8H13Cl2NO5/c9-8(10,14)7(11)16-6-2-4(13)1-5(3-12)15-6/h4-6,11-14H,1-3H2/t4-,5-,6?/m0/s1. The van der Waals surface area contributed by atoms with Crippen molar-refractivity contribution in [3.63, 3.8) is 0 Å². The fourth-order valence-electron chi connectivity index (χ4n) is 1.34. The van der Waals surface area contributed by atoms with Gasteiger partial charge in [-0.05, 0) is 0 Å². The van der Waals surface area contributed by atoms with Gasteiger partial charge in [0.05, 0.1) is 18.8 Å². The number of halogens is 2. The minimum absolute atomic E-state index is 0.114. The number of hydrogen-bond acceptors (Lipinski definition) is 6. The van der Waals surface area contributed by atoms with Crippen LogP contribution in [0.25, 0.3) is 0 Å². The van der Waals surface area contributed by atoms with E-state index < -0.39 is 28.9 Å². The number of aliphatic hydroxyl groups excluding tert-OH is 2. The molecule has 1 fully saturated rings. The third-order valence-electron chi connectivity index (χ3n) is 2.07. The molecule has 1 unspecified atom stereocenters. The minimum atomic E-state index is -2.43. The zero-order valence-corrected chi connectivity index (χ0v) is 9.78. The van der Waals surface area contributed by atoms with Gasteiger partial charge in [0, 0.05) is 12.8 Å². The lowest BCUT2D eigenvalue weighted by molar-refractivity contribution is -0.192. The highest BCUT2D eigenvalue weighted by atomic mass is 35.5. The molecule has 0 spiro atoms. The first-order valence-corrected chi connectivity index (χ1v) is 5.38. The van der Waals surface area contributed by atoms with Crippen molar-refractivity contribution in [3.05, 3.63) is 0 Å². The first kappa shape index (κ1) is 14.0. The fraction of sp³-hybridized carbons (Fsp3) is 0.875. The lowest BCUT2D eigenvalue weighted by Crippen LogP contribution is -2.42. The largest absolute Gasteiger partial charge is 0.447 e. The first-order chi connectivity index (χ1) is 7.32. The molecule has 0 amide bonds. The maximum atomic E-state index is 9.43. The summed E-state index contributed by atoms with van der Waals surface area (Å²) in [5.41, 5.74) is 0. The van der Waals surface area contributed by atoms with Crippen LogP contribution in [-0.2, 0) is 9.47 Å². The molecule has 8 heteroatoms. The summed E-state index contributed by atoms with van der Waals surface area (Å²) < 4.78 is 7.57. The van der Waals surface area contributed by atoms with E-state index in [9.17, 15) is 5.11 Å². The van der Waals surface area contributed by atoms with Gasteiger partial charge in [-0.1, -0.05) is 23.2 Å². The summed E-state index contributed by atoms with van der Waals surface area (Å²) in [5.74, 6) is -0.786. The molecule has 6 nitrogen and oxygen atoms in total. The van der Waals surface area contributed by atoms with Gasteiger partial charge >= 0.3 is 0 Å². The molecular formula is C8H13Cl2NO5. The molecule has 1 aliphatic heterocycles. The molecule has 16 heavy (non-hydrogen) atoms. The smallest absolute Gasteiger partial charge is 0.292 e. The average Bonchev–Trinajstić information content (AvgIpc) is 2.15. The first-order valence-electron chi connectivity index (χ1n) is 4.63. The predicted octanol–water partition coefficient (Wildman–Crippen LogP) is -0.0377. The van der Waals surface area contributed by atoms with Gasteiger partial charge in [0.2, 0.25) is 12.2 Å². The van der Waals surface area contributed by atoms with Crippen LogP contribution in [0.1, 0.15) is 12.8 Å². The van der Waals surface area contributed by atoms with Crippen molar-refractivity contribution in [1.29, 1.82) is 5.41 Å². The summed E-state index contributed by atoms with van der Waals surface area (Å²) in [6.45, 7) is -0.268. The Hall–Kier alpha value is -0.110. The van der Waals surface area contributed by atoms with Gasteiger partial charge in [0.1, 0.15) is 0 Å². The summed E-state index contributed by atoms with van der Waals surface area (Å²) >= 11 is 10.4. The molecule has 4 N–H and O–H groups in total. The maximum Gasteiger partial charge on any atom is 0.292 e. The number of rotatable bonds is 3. The molecule has 0 aromatic rings. The Balaban J connectivity index is 2.51. The van der Waals surface area contributed by atoms with Crippen molar-refractivity contribution in [1.82, 2.24) is 0 Å². The third kappa shape index (κ3) is 4.04. The van der Waals surface area contributed by atoms with E-state index in [-0.39, 0.29) is 19.4 Å². The van der Waals surface area contributed by atoms with Crippen molar-refractivity contribution in [2.45, 2.75) is 35.9 Å². The third-order valence-corrected chi connectivity index (χ3v) is 2.41. The Morgan fingerprint density at radius 2 is 2.12 bits per heavy atom. The van der Waals surface area contributed by atoms with Gasteiger partial charge in [0.15, 0.2) is 0 Å². The number of alkyl halides is 2. The quantitative estimate of drug-likeness (QED) is 0.328. The predicted molar refractivity (Wildman–Crippen MR) is 56.5 cm³/mol. The van der Waals surface area contributed by atoms with Crippen molar-refractivity contribution >= 4 is 29.1 Å². The van der Waals surface area contributed by atoms with Crippen LogP contribution in [0.15, 0.2) is 0 Å². The average molecular weight is 274 g/mol. The van der Waals surface area contributed by atoms with Crippen molar-refractivity contribution in [3.8, 4) is 0 Å². The molecule has 0 aliphatic carbocycles. The second kappa shape index (κ2) is 5.48. The molecule has 0 bridgehead atoms. The zero-order chi connectivity index (χ0) is 12.3. The highest BCUT2D eigenvalue weighted by molar-refractivity contribution is 6.56. The van der Waals surface area contributed by atoms with Crippen LogP contribution in [0.2, 0.25) is 0 Å². The summed E-state index contributed by atoms with van der Waals surface area (Å²) in [6, 6.07) is 0. The van der Waals surface area contributed by atoms with Crippen LogP contribution < -0.4 is 0 Å². The van der Waals surface area contributed by atoms with Gasteiger partial charge in [0.25, 0.3) is 4.52 Å². The van der Waals surface area contributed by atoms with Gasteiger partial charge in [-0.2, -0.15) is 0 Å². The van der Waals surface area contributed by atoms with E-state index in [0.29, 0.717) is 0 Å². The lowest BCUT2D eigenvalue weighted by Gasteiger charge is -2.32. The molecule has 1 heterocycles. The molecule has 3 atom stereocenters. The van der Waals surface area contributed by atoms with E-state index in [1.165, 1.54) is 0 Å². The fourth-order valence-corrected chi connectivity index (χ4v) is 1.43. The number of hydrogen-bond donors (Lipinski definition) is 4. The minimum Gasteiger partial charge on any atom is -0.447 e. The van der Waals surface area contributed by atoms with Crippen LogP contribution in [0.5, 0.6) is 0 Å². The summed E-state index contributed by atoms with van der Waals surface area (Å²) in [7, 11) is 0. The van der Waals surface area contributed by atoms with Gasteiger partial charge < -0.3 is 24.8 Å². The number of nitrogens with one attached hydrogen (secondary N) is 1. The molecule has 0 aromatic carbocycles. The van der Waals surface area contributed by atoms with E-state index in [1.807, 2.05) is 0 Å². The van der Waals surface area contributed by atoms with Gasteiger partial charge in [-0.3, -0.25) is 5.41 Å². The molecule has 1 saturated heterocycles. The Labute approximate surface area is 102 Å². The monoisotopic (exact) mass is 273 g/mol. The zero-order valence-electron chi connectivity index (χ0n) is 8.27. The summed E-state index contributed by atoms with van der Waals surface area (Å²) in [5, 5.41) is 34.5. The van der Waals surface area contributed by atoms with Crippen molar-refractivity contribution in [2.75, 3.05) is 6.61 Å². The molecular weight excluding hydrogens is 261 g/mol. The molecule has 1 aliphatic rings. The summed E-state index contributed by atoms with van der Waals surface area (Å²) in [6.07, 6.45) is -1.83. The molecule has 0 aromatic heterocycles. The van der Waals surface area contributed by atoms with Crippen molar-refractivity contribution in [2.24, 2.45) is 0 Å². The van der Waals surface area contributed by atoms with Crippen LogP contribution in [0.4, 0.5) is 0 Å². The Bertz CT molecular complexity index is 257. The maximum absolute atomic E-state index is 9.43. The second-order valence-electron chi connectivity index (χ2n) is 3.48. The van der Waals surface area contributed by atoms with E-state index >= 15 is 0 Å². The highest BCUT2D eigenvalue weighted by Crippen LogP contribution is 2.24. The number of ether oxygens (including phenoxy) is 2. The second-order valence-corrected chi connectivity index (χ2v) is 4.77. The van der Waals surface area contributed by atoms with Crippen LogP contribution >= 0.6 is 23.2 Å². The van der Waals surface area contributed by atoms with Crippen LogP contribution in [0.3, 0.4) is 0 Å². The Morgan fingerprint density at radius 1 is 1.50 bits per heavy atom. The van der Waals surface area contributed by atoms with E-state index in [1.54, 1.807) is 0 Å².